The summed E-state index contributed by atoms with van der Waals surface area (Å²) in [4.78, 5) is 2.73. The number of aliphatic imine (C=N–C) groups is 1. The second kappa shape index (κ2) is 7.89. The van der Waals surface area contributed by atoms with Crippen molar-refractivity contribution in [3.8, 4) is 5.75 Å². The molecule has 14 heteroatoms. The van der Waals surface area contributed by atoms with Crippen molar-refractivity contribution in [1.29, 1.82) is 0 Å². The van der Waals surface area contributed by atoms with Crippen LogP contribution in [0.3, 0.4) is 0 Å². The Labute approximate surface area is 170 Å². The standard InChI is InChI=1S/C18H9F12NO/c1-7-3-2-4-8(14(7)32)6-31-13-11(17(25,26)27)9(15(19,20)21)5-10(16(22,23)24)12(13)18(28,29)30/h2-6,32H,1H3. The molecule has 2 aromatic rings. The number of phenolic OH excluding ortho intramolecular Hbond substituents is 1. The quantitative estimate of drug-likeness (QED) is 0.348. The Bertz CT molecular complexity index is 992. The number of hydrogen-bond donors (Lipinski definition) is 1. The molecule has 0 aromatic heterocycles. The van der Waals surface area contributed by atoms with Gasteiger partial charge in [-0.3, -0.25) is 4.99 Å². The van der Waals surface area contributed by atoms with Crippen LogP contribution in [0.1, 0.15) is 33.4 Å². The minimum atomic E-state index is -6.17. The number of alkyl halides is 12. The molecule has 176 valence electrons. The van der Waals surface area contributed by atoms with Crippen molar-refractivity contribution >= 4 is 11.9 Å². The molecule has 0 radical (unpaired) electrons. The Morgan fingerprint density at radius 2 is 1.16 bits per heavy atom. The molecule has 0 aliphatic heterocycles. The van der Waals surface area contributed by atoms with Crippen LogP contribution in [0.15, 0.2) is 29.3 Å². The molecule has 0 bridgehead atoms. The largest absolute Gasteiger partial charge is 0.507 e. The van der Waals surface area contributed by atoms with Gasteiger partial charge in [0, 0.05) is 11.8 Å². The molecule has 2 aromatic carbocycles. The molecule has 0 amide bonds. The Morgan fingerprint density at radius 1 is 0.719 bits per heavy atom. The summed E-state index contributed by atoms with van der Waals surface area (Å²) < 4.78 is 160. The number of hydrogen-bond acceptors (Lipinski definition) is 2. The van der Waals surface area contributed by atoms with E-state index in [1.165, 1.54) is 19.1 Å². The number of benzene rings is 2. The second-order valence-electron chi connectivity index (χ2n) is 6.33. The van der Waals surface area contributed by atoms with Crippen molar-refractivity contribution in [3.05, 3.63) is 57.6 Å². The number of aromatic hydroxyl groups is 1. The average Bonchev–Trinajstić information content (AvgIpc) is 2.58. The third-order valence-electron chi connectivity index (χ3n) is 4.08. The van der Waals surface area contributed by atoms with Crippen LogP contribution in [0.4, 0.5) is 58.4 Å². The van der Waals surface area contributed by atoms with E-state index < -0.39 is 70.0 Å². The lowest BCUT2D eigenvalue weighted by Gasteiger charge is -2.24. The monoisotopic (exact) mass is 483 g/mol. The average molecular weight is 483 g/mol. The molecule has 0 atom stereocenters. The van der Waals surface area contributed by atoms with Gasteiger partial charge in [-0.05, 0) is 24.6 Å². The van der Waals surface area contributed by atoms with Gasteiger partial charge in [-0.1, -0.05) is 12.1 Å². The van der Waals surface area contributed by atoms with Crippen LogP contribution < -0.4 is 0 Å². The minimum absolute atomic E-state index is 0.0565. The fourth-order valence-corrected chi connectivity index (χ4v) is 2.74. The summed E-state index contributed by atoms with van der Waals surface area (Å²) >= 11 is 0. The zero-order valence-electron chi connectivity index (χ0n) is 15.3. The Balaban J connectivity index is 3.10. The number of rotatable bonds is 2. The Hall–Kier alpha value is -2.93. The van der Waals surface area contributed by atoms with Crippen LogP contribution in [-0.4, -0.2) is 11.3 Å². The van der Waals surface area contributed by atoms with Gasteiger partial charge >= 0.3 is 24.7 Å². The predicted octanol–water partition coefficient (Wildman–Crippen LogP) is 7.53. The highest BCUT2D eigenvalue weighted by Gasteiger charge is 2.53. The first kappa shape index (κ1) is 25.3. The van der Waals surface area contributed by atoms with E-state index >= 15 is 0 Å². The van der Waals surface area contributed by atoms with Crippen molar-refractivity contribution in [1.82, 2.24) is 0 Å². The molecule has 32 heavy (non-hydrogen) atoms. The van der Waals surface area contributed by atoms with Crippen molar-refractivity contribution in [3.63, 3.8) is 0 Å². The molecule has 0 saturated carbocycles. The van der Waals surface area contributed by atoms with Crippen LogP contribution in [0, 0.1) is 6.92 Å². The van der Waals surface area contributed by atoms with Gasteiger partial charge in [0.15, 0.2) is 0 Å². The number of nitrogens with zero attached hydrogens (tertiary/aromatic N) is 1. The first-order valence-electron chi connectivity index (χ1n) is 8.08. The van der Waals surface area contributed by atoms with Gasteiger partial charge in [0.25, 0.3) is 0 Å². The van der Waals surface area contributed by atoms with Crippen molar-refractivity contribution in [2.24, 2.45) is 4.99 Å². The number of aryl methyl sites for hydroxylation is 1. The van der Waals surface area contributed by atoms with E-state index in [0.29, 0.717) is 0 Å². The highest BCUT2D eigenvalue weighted by atomic mass is 19.4. The van der Waals surface area contributed by atoms with Crippen LogP contribution in [0.5, 0.6) is 5.75 Å². The fourth-order valence-electron chi connectivity index (χ4n) is 2.74. The van der Waals surface area contributed by atoms with Crippen LogP contribution in [-0.2, 0) is 24.7 Å². The van der Waals surface area contributed by atoms with Crippen LogP contribution in [0.2, 0.25) is 0 Å². The molecule has 0 saturated heterocycles. The SMILES string of the molecule is Cc1cccc(C=Nc2c(C(F)(F)F)c(C(F)(F)F)cc(C(F)(F)F)c2C(F)(F)F)c1O. The molecule has 0 spiro atoms. The molecular formula is C18H9F12NO. The highest BCUT2D eigenvalue weighted by molar-refractivity contribution is 5.87. The molecule has 0 unspecified atom stereocenters. The molecule has 0 aliphatic carbocycles. The van der Waals surface area contributed by atoms with Gasteiger partial charge in [0.05, 0.1) is 27.9 Å². The minimum Gasteiger partial charge on any atom is -0.507 e. The van der Waals surface area contributed by atoms with Gasteiger partial charge in [0.2, 0.25) is 0 Å². The maximum Gasteiger partial charge on any atom is 0.419 e. The molecule has 0 fully saturated rings. The van der Waals surface area contributed by atoms with E-state index in [-0.39, 0.29) is 11.8 Å². The van der Waals surface area contributed by atoms with Crippen molar-refractivity contribution < 1.29 is 57.8 Å². The lowest BCUT2D eigenvalue weighted by atomic mass is 9.93. The van der Waals surface area contributed by atoms with Gasteiger partial charge in [-0.25, -0.2) is 0 Å². The maximum absolute atomic E-state index is 13.4. The lowest BCUT2D eigenvalue weighted by Crippen LogP contribution is -2.24. The summed E-state index contributed by atoms with van der Waals surface area (Å²) in [5, 5.41) is 9.81. The van der Waals surface area contributed by atoms with E-state index in [9.17, 15) is 57.8 Å². The van der Waals surface area contributed by atoms with Gasteiger partial charge in [-0.15, -0.1) is 0 Å². The third kappa shape index (κ3) is 5.10. The third-order valence-corrected chi connectivity index (χ3v) is 4.08. The summed E-state index contributed by atoms with van der Waals surface area (Å²) in [6.45, 7) is 1.26. The maximum atomic E-state index is 13.4. The van der Waals surface area contributed by atoms with E-state index in [1.807, 2.05) is 0 Å². The van der Waals surface area contributed by atoms with Crippen LogP contribution in [0.25, 0.3) is 0 Å². The highest BCUT2D eigenvalue weighted by Crippen LogP contribution is 2.53. The van der Waals surface area contributed by atoms with Gasteiger partial charge in [0.1, 0.15) is 5.75 Å². The predicted molar refractivity (Wildman–Crippen MR) is 86.5 cm³/mol. The molecule has 1 N–H and O–H groups in total. The van der Waals surface area contributed by atoms with E-state index in [4.69, 9.17) is 0 Å². The first-order valence-corrected chi connectivity index (χ1v) is 8.08. The number of phenols is 1. The fraction of sp³-hybridized carbons (Fsp3) is 0.278. The molecule has 0 aliphatic rings. The van der Waals surface area contributed by atoms with Crippen molar-refractivity contribution in [2.45, 2.75) is 31.6 Å². The van der Waals surface area contributed by atoms with E-state index in [2.05, 4.69) is 4.99 Å². The lowest BCUT2D eigenvalue weighted by molar-refractivity contribution is -0.170. The normalized spacial score (nSPS) is 13.8. The van der Waals surface area contributed by atoms with E-state index in [1.54, 1.807) is 0 Å². The topological polar surface area (TPSA) is 32.6 Å². The molecular weight excluding hydrogens is 474 g/mol. The van der Waals surface area contributed by atoms with Crippen LogP contribution >= 0.6 is 0 Å². The number of para-hydroxylation sites is 1. The summed E-state index contributed by atoms with van der Waals surface area (Å²) in [7, 11) is 0. The number of halogens is 12. The first-order chi connectivity index (χ1) is 14.3. The van der Waals surface area contributed by atoms with Gasteiger partial charge < -0.3 is 5.11 Å². The smallest absolute Gasteiger partial charge is 0.419 e. The Morgan fingerprint density at radius 3 is 1.53 bits per heavy atom. The van der Waals surface area contributed by atoms with Crippen molar-refractivity contribution in [2.75, 3.05) is 0 Å². The van der Waals surface area contributed by atoms with Gasteiger partial charge in [-0.2, -0.15) is 52.7 Å². The zero-order valence-corrected chi connectivity index (χ0v) is 15.3. The Kier molecular flexibility index (Phi) is 6.24. The second-order valence-corrected chi connectivity index (χ2v) is 6.33. The summed E-state index contributed by atoms with van der Waals surface area (Å²) in [5.74, 6) is -0.707. The summed E-state index contributed by atoms with van der Waals surface area (Å²) in [6.07, 6.45) is -24.4. The zero-order chi connectivity index (χ0) is 24.9. The summed E-state index contributed by atoms with van der Waals surface area (Å²) in [5.41, 5.74) is -15.2. The van der Waals surface area contributed by atoms with E-state index in [0.717, 1.165) is 6.07 Å². The summed E-state index contributed by atoms with van der Waals surface area (Å²) in [6, 6.07) is 2.11. The molecule has 0 heterocycles. The molecule has 2 nitrogen and oxygen atoms in total. The molecule has 2 rings (SSSR count).